The van der Waals surface area contributed by atoms with Crippen molar-refractivity contribution in [2.75, 3.05) is 6.54 Å². The summed E-state index contributed by atoms with van der Waals surface area (Å²) in [6.45, 7) is 2.79. The molecule has 100 valence electrons. The highest BCUT2D eigenvalue weighted by atomic mass is 19.1. The third-order valence-electron chi connectivity index (χ3n) is 2.92. The molecular formula is C15H16F2N2. The van der Waals surface area contributed by atoms with Crippen LogP contribution in [-0.4, -0.2) is 11.5 Å². The van der Waals surface area contributed by atoms with Crippen LogP contribution in [0.5, 0.6) is 0 Å². The molecule has 1 aromatic carbocycles. The van der Waals surface area contributed by atoms with E-state index in [9.17, 15) is 8.78 Å². The summed E-state index contributed by atoms with van der Waals surface area (Å²) in [5.41, 5.74) is 1.36. The number of halogens is 2. The van der Waals surface area contributed by atoms with Crippen LogP contribution in [0.1, 0.15) is 30.5 Å². The number of benzene rings is 1. The van der Waals surface area contributed by atoms with E-state index in [-0.39, 0.29) is 17.7 Å². The van der Waals surface area contributed by atoms with E-state index >= 15 is 0 Å². The summed E-state index contributed by atoms with van der Waals surface area (Å²) in [6.07, 6.45) is 3.69. The van der Waals surface area contributed by atoms with Gasteiger partial charge >= 0.3 is 0 Å². The normalized spacial score (nSPS) is 12.4. The molecule has 1 unspecified atom stereocenters. The highest BCUT2D eigenvalue weighted by Gasteiger charge is 2.17. The Morgan fingerprint density at radius 3 is 2.53 bits per heavy atom. The fraction of sp³-hybridized carbons (Fsp3) is 0.267. The minimum atomic E-state index is -0.361. The van der Waals surface area contributed by atoms with Crippen LogP contribution in [0.4, 0.5) is 8.78 Å². The van der Waals surface area contributed by atoms with Gasteiger partial charge in [0.1, 0.15) is 11.6 Å². The number of nitrogens with one attached hydrogen (secondary N) is 1. The summed E-state index contributed by atoms with van der Waals surface area (Å²) in [4.78, 5) is 3.75. The first-order valence-corrected chi connectivity index (χ1v) is 6.30. The van der Waals surface area contributed by atoms with Gasteiger partial charge in [0.25, 0.3) is 0 Å². The Morgan fingerprint density at radius 2 is 1.89 bits per heavy atom. The maximum absolute atomic E-state index is 13.9. The van der Waals surface area contributed by atoms with Gasteiger partial charge in [-0.3, -0.25) is 4.98 Å². The lowest BCUT2D eigenvalue weighted by Gasteiger charge is -2.20. The lowest BCUT2D eigenvalue weighted by molar-refractivity contribution is 0.542. The minimum Gasteiger partial charge on any atom is -0.306 e. The van der Waals surface area contributed by atoms with E-state index < -0.39 is 0 Å². The van der Waals surface area contributed by atoms with Gasteiger partial charge in [0.2, 0.25) is 0 Å². The molecular weight excluding hydrogens is 246 g/mol. The van der Waals surface area contributed by atoms with Crippen LogP contribution in [0.15, 0.2) is 42.7 Å². The van der Waals surface area contributed by atoms with Crippen LogP contribution in [0.2, 0.25) is 0 Å². The number of hydrogen-bond acceptors (Lipinski definition) is 2. The third-order valence-corrected chi connectivity index (χ3v) is 2.92. The van der Waals surface area contributed by atoms with Crippen molar-refractivity contribution in [1.29, 1.82) is 0 Å². The Morgan fingerprint density at radius 1 is 1.16 bits per heavy atom. The quantitative estimate of drug-likeness (QED) is 0.892. The molecule has 0 amide bonds. The smallest absolute Gasteiger partial charge is 0.146 e. The molecule has 2 rings (SSSR count). The number of pyridine rings is 1. The molecule has 0 fully saturated rings. The maximum atomic E-state index is 13.9. The molecule has 0 saturated carbocycles. The average molecular weight is 262 g/mol. The second-order valence-corrected chi connectivity index (χ2v) is 4.34. The number of aromatic nitrogens is 1. The monoisotopic (exact) mass is 262 g/mol. The van der Waals surface area contributed by atoms with E-state index in [1.807, 2.05) is 6.92 Å². The van der Waals surface area contributed by atoms with Crippen molar-refractivity contribution >= 4 is 0 Å². The van der Waals surface area contributed by atoms with Gasteiger partial charge in [0.15, 0.2) is 0 Å². The molecule has 1 N–H and O–H groups in total. The lowest BCUT2D eigenvalue weighted by atomic mass is 9.99. The Balaban J connectivity index is 2.35. The molecule has 1 aromatic heterocycles. The van der Waals surface area contributed by atoms with Crippen LogP contribution in [0.3, 0.4) is 0 Å². The molecule has 4 heteroatoms. The van der Waals surface area contributed by atoms with E-state index in [1.165, 1.54) is 18.3 Å². The Bertz CT molecular complexity index is 526. The van der Waals surface area contributed by atoms with Gasteiger partial charge in [-0.25, -0.2) is 8.78 Å². The van der Waals surface area contributed by atoms with Crippen molar-refractivity contribution in [1.82, 2.24) is 10.3 Å². The molecule has 0 aliphatic heterocycles. The molecule has 0 radical (unpaired) electrons. The topological polar surface area (TPSA) is 24.9 Å². The zero-order valence-corrected chi connectivity index (χ0v) is 10.7. The van der Waals surface area contributed by atoms with Crippen molar-refractivity contribution in [2.24, 2.45) is 0 Å². The van der Waals surface area contributed by atoms with Gasteiger partial charge < -0.3 is 5.32 Å². The third kappa shape index (κ3) is 3.35. The highest BCUT2D eigenvalue weighted by Crippen LogP contribution is 2.24. The van der Waals surface area contributed by atoms with Gasteiger partial charge in [-0.05, 0) is 36.7 Å². The van der Waals surface area contributed by atoms with Crippen LogP contribution < -0.4 is 5.32 Å². The van der Waals surface area contributed by atoms with Gasteiger partial charge in [-0.2, -0.15) is 0 Å². The SMILES string of the molecule is CCCNC(c1ccc(F)cc1)c1ccncc1F. The molecule has 0 bridgehead atoms. The summed E-state index contributed by atoms with van der Waals surface area (Å²) < 4.78 is 26.8. The standard InChI is InChI=1S/C15H16F2N2/c1-2-8-19-15(11-3-5-12(16)6-4-11)13-7-9-18-10-14(13)17/h3-7,9-10,15,19H,2,8H2,1H3. The molecule has 0 aliphatic rings. The van der Waals surface area contributed by atoms with E-state index in [0.717, 1.165) is 18.5 Å². The predicted molar refractivity (Wildman–Crippen MR) is 70.7 cm³/mol. The van der Waals surface area contributed by atoms with Crippen molar-refractivity contribution in [3.63, 3.8) is 0 Å². The van der Waals surface area contributed by atoms with E-state index in [2.05, 4.69) is 10.3 Å². The molecule has 2 aromatic rings. The summed E-state index contributed by atoms with van der Waals surface area (Å²) in [5, 5.41) is 3.27. The van der Waals surface area contributed by atoms with Crippen molar-refractivity contribution in [3.8, 4) is 0 Å². The minimum absolute atomic E-state index is 0.288. The van der Waals surface area contributed by atoms with E-state index in [4.69, 9.17) is 0 Å². The first-order valence-electron chi connectivity index (χ1n) is 6.30. The zero-order chi connectivity index (χ0) is 13.7. The molecule has 0 spiro atoms. The summed E-state index contributed by atoms with van der Waals surface area (Å²) in [5.74, 6) is -0.659. The van der Waals surface area contributed by atoms with Crippen LogP contribution in [0.25, 0.3) is 0 Å². The molecule has 0 saturated heterocycles. The predicted octanol–water partition coefficient (Wildman–Crippen LogP) is 3.45. The van der Waals surface area contributed by atoms with Gasteiger partial charge in [-0.15, -0.1) is 0 Å². The summed E-state index contributed by atoms with van der Waals surface area (Å²) >= 11 is 0. The Labute approximate surface area is 111 Å². The lowest BCUT2D eigenvalue weighted by Crippen LogP contribution is -2.24. The zero-order valence-electron chi connectivity index (χ0n) is 10.7. The van der Waals surface area contributed by atoms with Crippen LogP contribution in [-0.2, 0) is 0 Å². The molecule has 0 aliphatic carbocycles. The van der Waals surface area contributed by atoms with E-state index in [1.54, 1.807) is 24.4 Å². The fourth-order valence-electron chi connectivity index (χ4n) is 1.97. The number of nitrogens with zero attached hydrogens (tertiary/aromatic N) is 1. The Hall–Kier alpha value is -1.81. The largest absolute Gasteiger partial charge is 0.306 e. The van der Waals surface area contributed by atoms with E-state index in [0.29, 0.717) is 5.56 Å². The van der Waals surface area contributed by atoms with Crippen molar-refractivity contribution < 1.29 is 8.78 Å². The molecule has 19 heavy (non-hydrogen) atoms. The average Bonchev–Trinajstić information content (AvgIpc) is 2.43. The van der Waals surface area contributed by atoms with Gasteiger partial charge in [0.05, 0.1) is 12.2 Å². The van der Waals surface area contributed by atoms with Crippen LogP contribution in [0, 0.1) is 11.6 Å². The highest BCUT2D eigenvalue weighted by molar-refractivity contribution is 5.31. The summed E-state index contributed by atoms with van der Waals surface area (Å²) in [6, 6.07) is 7.46. The Kier molecular flexibility index (Phi) is 4.58. The molecule has 1 atom stereocenters. The second kappa shape index (κ2) is 6.38. The fourth-order valence-corrected chi connectivity index (χ4v) is 1.97. The molecule has 2 nitrogen and oxygen atoms in total. The second-order valence-electron chi connectivity index (χ2n) is 4.34. The number of rotatable bonds is 5. The molecule has 1 heterocycles. The van der Waals surface area contributed by atoms with Crippen LogP contribution >= 0.6 is 0 Å². The first-order chi connectivity index (χ1) is 9.22. The van der Waals surface area contributed by atoms with Crippen molar-refractivity contribution in [2.45, 2.75) is 19.4 Å². The number of hydrogen-bond donors (Lipinski definition) is 1. The first kappa shape index (κ1) is 13.6. The van der Waals surface area contributed by atoms with Gasteiger partial charge in [-0.1, -0.05) is 19.1 Å². The maximum Gasteiger partial charge on any atom is 0.146 e. The van der Waals surface area contributed by atoms with Crippen molar-refractivity contribution in [3.05, 3.63) is 65.5 Å². The summed E-state index contributed by atoms with van der Waals surface area (Å²) in [7, 11) is 0. The van der Waals surface area contributed by atoms with Gasteiger partial charge in [0, 0.05) is 11.8 Å².